The van der Waals surface area contributed by atoms with E-state index in [0.29, 0.717) is 19.1 Å². The van der Waals surface area contributed by atoms with Gasteiger partial charge < -0.3 is 13.6 Å². The zero-order valence-electron chi connectivity index (χ0n) is 23.4. The van der Waals surface area contributed by atoms with Crippen LogP contribution in [-0.2, 0) is 20.4 Å². The first-order valence-corrected chi connectivity index (χ1v) is 15.9. The van der Waals surface area contributed by atoms with Gasteiger partial charge in [-0.25, -0.2) is 0 Å². The SMILES string of the molecule is CC(=O)OCCC1CCCC=C1c1ccc(CCCO[Si](c2ccccc2)(c2ccccc2)C(C)(C)C)o1. The number of allylic oxidation sites excluding steroid dienone is 2. The molecule has 1 atom stereocenters. The van der Waals surface area contributed by atoms with Crippen LogP contribution in [0.2, 0.25) is 5.04 Å². The van der Waals surface area contributed by atoms with Gasteiger partial charge in [0.05, 0.1) is 6.61 Å². The number of ether oxygens (including phenoxy) is 1. The second kappa shape index (κ2) is 12.8. The molecule has 0 saturated carbocycles. The van der Waals surface area contributed by atoms with Crippen molar-refractivity contribution in [3.05, 3.63) is 90.4 Å². The molecular formula is C33H42O4Si. The Morgan fingerprint density at radius 2 is 1.61 bits per heavy atom. The third-order valence-corrected chi connectivity index (χ3v) is 12.6. The average molecular weight is 531 g/mol. The maximum absolute atomic E-state index is 11.2. The van der Waals surface area contributed by atoms with Crippen molar-refractivity contribution in [3.63, 3.8) is 0 Å². The second-order valence-corrected chi connectivity index (χ2v) is 15.6. The van der Waals surface area contributed by atoms with Crippen LogP contribution in [0.3, 0.4) is 0 Å². The van der Waals surface area contributed by atoms with Crippen molar-refractivity contribution in [2.24, 2.45) is 5.92 Å². The van der Waals surface area contributed by atoms with Crippen LogP contribution in [0.5, 0.6) is 0 Å². The number of esters is 1. The first-order valence-electron chi connectivity index (χ1n) is 14.0. The molecule has 4 rings (SSSR count). The molecule has 0 saturated heterocycles. The minimum atomic E-state index is -2.51. The normalized spacial score (nSPS) is 16.2. The third-order valence-electron chi connectivity index (χ3n) is 7.58. The molecule has 5 heteroatoms. The molecule has 0 amide bonds. The van der Waals surface area contributed by atoms with Crippen LogP contribution < -0.4 is 10.4 Å². The number of carbonyl (C=O) groups is 1. The van der Waals surface area contributed by atoms with Crippen LogP contribution in [0.4, 0.5) is 0 Å². The number of hydrogen-bond donors (Lipinski definition) is 0. The number of carbonyl (C=O) groups excluding carboxylic acids is 1. The zero-order chi connectivity index (χ0) is 27.0. The van der Waals surface area contributed by atoms with Gasteiger partial charge in [0.2, 0.25) is 0 Å². The van der Waals surface area contributed by atoms with E-state index in [0.717, 1.165) is 43.6 Å². The minimum Gasteiger partial charge on any atom is -0.466 e. The van der Waals surface area contributed by atoms with E-state index in [1.807, 2.05) is 0 Å². The Hall–Kier alpha value is -2.89. The van der Waals surface area contributed by atoms with E-state index in [-0.39, 0.29) is 11.0 Å². The van der Waals surface area contributed by atoms with Crippen molar-refractivity contribution < 1.29 is 18.4 Å². The maximum Gasteiger partial charge on any atom is 0.302 e. The van der Waals surface area contributed by atoms with E-state index in [9.17, 15) is 4.79 Å². The highest BCUT2D eigenvalue weighted by Gasteiger charge is 2.49. The molecule has 1 aromatic heterocycles. The fraction of sp³-hybridized carbons (Fsp3) is 0.424. The molecular weight excluding hydrogens is 488 g/mol. The molecule has 0 fully saturated rings. The predicted molar refractivity (Wildman–Crippen MR) is 157 cm³/mol. The lowest BCUT2D eigenvalue weighted by Gasteiger charge is -2.43. The molecule has 1 aliphatic carbocycles. The summed E-state index contributed by atoms with van der Waals surface area (Å²) < 4.78 is 18.6. The van der Waals surface area contributed by atoms with E-state index in [4.69, 9.17) is 13.6 Å². The van der Waals surface area contributed by atoms with Gasteiger partial charge in [-0.3, -0.25) is 4.79 Å². The summed E-state index contributed by atoms with van der Waals surface area (Å²) in [5, 5.41) is 2.59. The highest BCUT2D eigenvalue weighted by Crippen LogP contribution is 2.37. The van der Waals surface area contributed by atoms with Gasteiger partial charge in [-0.15, -0.1) is 0 Å². The smallest absolute Gasteiger partial charge is 0.302 e. The largest absolute Gasteiger partial charge is 0.466 e. The van der Waals surface area contributed by atoms with Crippen molar-refractivity contribution in [2.75, 3.05) is 13.2 Å². The summed E-state index contributed by atoms with van der Waals surface area (Å²) in [7, 11) is -2.51. The summed E-state index contributed by atoms with van der Waals surface area (Å²) in [6.45, 7) is 9.55. The van der Waals surface area contributed by atoms with Gasteiger partial charge in [0.1, 0.15) is 11.5 Å². The number of hydrogen-bond acceptors (Lipinski definition) is 4. The summed E-state index contributed by atoms with van der Waals surface area (Å²) in [6.07, 6.45) is 8.22. The molecule has 0 radical (unpaired) electrons. The topological polar surface area (TPSA) is 48.7 Å². The lowest BCUT2D eigenvalue weighted by molar-refractivity contribution is -0.141. The molecule has 38 heavy (non-hydrogen) atoms. The van der Waals surface area contributed by atoms with Crippen LogP contribution in [-0.4, -0.2) is 27.5 Å². The van der Waals surface area contributed by atoms with Crippen molar-refractivity contribution >= 4 is 30.2 Å². The van der Waals surface area contributed by atoms with E-state index >= 15 is 0 Å². The molecule has 4 nitrogen and oxygen atoms in total. The first-order chi connectivity index (χ1) is 18.3. The Bertz CT molecular complexity index is 1150. The van der Waals surface area contributed by atoms with Gasteiger partial charge in [0.25, 0.3) is 8.32 Å². The fourth-order valence-electron chi connectivity index (χ4n) is 5.79. The van der Waals surface area contributed by atoms with Crippen LogP contribution in [0.25, 0.3) is 5.57 Å². The highest BCUT2D eigenvalue weighted by atomic mass is 28.4. The summed E-state index contributed by atoms with van der Waals surface area (Å²) in [5.74, 6) is 2.11. The fourth-order valence-corrected chi connectivity index (χ4v) is 10.4. The molecule has 202 valence electrons. The summed E-state index contributed by atoms with van der Waals surface area (Å²) in [4.78, 5) is 11.2. The van der Waals surface area contributed by atoms with Gasteiger partial charge in [-0.2, -0.15) is 0 Å². The van der Waals surface area contributed by atoms with E-state index < -0.39 is 8.32 Å². The highest BCUT2D eigenvalue weighted by molar-refractivity contribution is 6.99. The first kappa shape index (κ1) is 28.1. The Labute approximate surface area is 229 Å². The van der Waals surface area contributed by atoms with Gasteiger partial charge >= 0.3 is 5.97 Å². The lowest BCUT2D eigenvalue weighted by Crippen LogP contribution is -2.66. The second-order valence-electron chi connectivity index (χ2n) is 11.3. The zero-order valence-corrected chi connectivity index (χ0v) is 24.4. The van der Waals surface area contributed by atoms with Crippen molar-refractivity contribution in [1.82, 2.24) is 0 Å². The van der Waals surface area contributed by atoms with Crippen molar-refractivity contribution in [3.8, 4) is 0 Å². The summed E-state index contributed by atoms with van der Waals surface area (Å²) >= 11 is 0. The minimum absolute atomic E-state index is 0.0257. The Kier molecular flexibility index (Phi) is 9.45. The predicted octanol–water partition coefficient (Wildman–Crippen LogP) is 6.93. The number of benzene rings is 2. The molecule has 2 aromatic carbocycles. The van der Waals surface area contributed by atoms with Gasteiger partial charge in [-0.1, -0.05) is 87.5 Å². The molecule has 0 spiro atoms. The van der Waals surface area contributed by atoms with Crippen LogP contribution in [0.15, 0.2) is 83.3 Å². The summed E-state index contributed by atoms with van der Waals surface area (Å²) in [5.41, 5.74) is 1.26. The van der Waals surface area contributed by atoms with Crippen molar-refractivity contribution in [1.29, 1.82) is 0 Å². The van der Waals surface area contributed by atoms with Gasteiger partial charge in [-0.05, 0) is 71.1 Å². The quantitative estimate of drug-likeness (QED) is 0.153. The Morgan fingerprint density at radius 3 is 2.21 bits per heavy atom. The molecule has 0 aliphatic heterocycles. The number of aryl methyl sites for hydroxylation is 1. The monoisotopic (exact) mass is 530 g/mol. The van der Waals surface area contributed by atoms with Crippen molar-refractivity contribution in [2.45, 2.75) is 71.3 Å². The van der Waals surface area contributed by atoms with Crippen LogP contribution in [0, 0.1) is 5.92 Å². The molecule has 0 bridgehead atoms. The van der Waals surface area contributed by atoms with Gasteiger partial charge in [0.15, 0.2) is 0 Å². The molecule has 1 unspecified atom stereocenters. The van der Waals surface area contributed by atoms with E-state index in [1.165, 1.54) is 29.3 Å². The standard InChI is InChI=1S/C33H42O4Si/c1-26(34)35-25-23-27-14-11-12-20-31(27)32-22-21-28(37-32)15-13-24-36-38(33(2,3)4,29-16-7-5-8-17-29)30-18-9-6-10-19-30/h5-10,16-22,27H,11-15,23-25H2,1-4H3. The third kappa shape index (κ3) is 6.56. The summed E-state index contributed by atoms with van der Waals surface area (Å²) in [6, 6.07) is 25.8. The Morgan fingerprint density at radius 1 is 0.947 bits per heavy atom. The maximum atomic E-state index is 11.2. The molecule has 1 heterocycles. The Balaban J connectivity index is 1.44. The van der Waals surface area contributed by atoms with E-state index in [1.54, 1.807) is 0 Å². The number of furan rings is 1. The van der Waals surface area contributed by atoms with Crippen LogP contribution >= 0.6 is 0 Å². The number of rotatable bonds is 11. The molecule has 1 aliphatic rings. The molecule has 3 aromatic rings. The lowest BCUT2D eigenvalue weighted by atomic mass is 9.84. The van der Waals surface area contributed by atoms with Crippen LogP contribution in [0.1, 0.15) is 71.3 Å². The molecule has 0 N–H and O–H groups in total. The van der Waals surface area contributed by atoms with E-state index in [2.05, 4.69) is 99.6 Å². The average Bonchev–Trinajstić information content (AvgIpc) is 3.38. The van der Waals surface area contributed by atoms with Gasteiger partial charge in [0, 0.05) is 20.0 Å².